The number of amides is 1. The average Bonchev–Trinajstić information content (AvgIpc) is 2.71. The zero-order valence-corrected chi connectivity index (χ0v) is 19.5. The summed E-state index contributed by atoms with van der Waals surface area (Å²) in [6, 6.07) is 11.0. The third-order valence-electron chi connectivity index (χ3n) is 5.00. The molecule has 6 nitrogen and oxygen atoms in total. The van der Waals surface area contributed by atoms with E-state index in [4.69, 9.17) is 4.74 Å². The molecule has 2 N–H and O–H groups in total. The molecule has 0 radical (unpaired) electrons. The lowest BCUT2D eigenvalue weighted by Crippen LogP contribution is -2.34. The number of allylic oxidation sites excluding steroid dienone is 1. The fourth-order valence-corrected chi connectivity index (χ4v) is 2.96. The molecule has 1 unspecified atom stereocenters. The molecule has 2 rings (SSSR count). The van der Waals surface area contributed by atoms with Crippen LogP contribution in [-0.2, 0) is 4.74 Å². The highest BCUT2D eigenvalue weighted by molar-refractivity contribution is 5.67. The second kappa shape index (κ2) is 10.8. The quantitative estimate of drug-likeness (QED) is 0.538. The minimum absolute atomic E-state index is 0.240. The zero-order valence-electron chi connectivity index (χ0n) is 19.5. The van der Waals surface area contributed by atoms with Crippen LogP contribution in [0.25, 0.3) is 11.1 Å². The van der Waals surface area contributed by atoms with Gasteiger partial charge in [-0.25, -0.2) is 9.78 Å². The molecule has 0 spiro atoms. The van der Waals surface area contributed by atoms with Gasteiger partial charge in [0.25, 0.3) is 0 Å². The van der Waals surface area contributed by atoms with Crippen LogP contribution in [0.2, 0.25) is 0 Å². The Kier molecular flexibility index (Phi) is 8.48. The first-order valence-corrected chi connectivity index (χ1v) is 10.7. The summed E-state index contributed by atoms with van der Waals surface area (Å²) in [5, 5.41) is 12.9. The van der Waals surface area contributed by atoms with Crippen LogP contribution in [0.5, 0.6) is 5.75 Å². The van der Waals surface area contributed by atoms with Crippen molar-refractivity contribution in [2.75, 3.05) is 18.9 Å². The van der Waals surface area contributed by atoms with Gasteiger partial charge in [-0.15, -0.1) is 0 Å². The van der Waals surface area contributed by atoms with Gasteiger partial charge in [0.15, 0.2) is 0 Å². The first kappa shape index (κ1) is 24.3. The van der Waals surface area contributed by atoms with Crippen molar-refractivity contribution in [3.05, 3.63) is 54.4 Å². The number of ether oxygens (including phenoxy) is 1. The molecule has 0 aliphatic carbocycles. The van der Waals surface area contributed by atoms with E-state index in [1.807, 2.05) is 51.2 Å². The van der Waals surface area contributed by atoms with Gasteiger partial charge in [0.1, 0.15) is 17.2 Å². The van der Waals surface area contributed by atoms with Crippen molar-refractivity contribution < 1.29 is 14.6 Å². The zero-order chi connectivity index (χ0) is 23.0. The molecule has 31 heavy (non-hydrogen) atoms. The number of hydrogen-bond acceptors (Lipinski definition) is 5. The van der Waals surface area contributed by atoms with Gasteiger partial charge in [0.2, 0.25) is 0 Å². The van der Waals surface area contributed by atoms with Crippen LogP contribution in [0.3, 0.4) is 0 Å². The summed E-state index contributed by atoms with van der Waals surface area (Å²) in [6.45, 7) is 10.6. The minimum Gasteiger partial charge on any atom is -0.508 e. The molecule has 2 aromatic rings. The highest BCUT2D eigenvalue weighted by Crippen LogP contribution is 2.23. The number of nitrogens with one attached hydrogen (secondary N) is 1. The van der Waals surface area contributed by atoms with Crippen LogP contribution < -0.4 is 5.32 Å². The normalized spacial score (nSPS) is 12.9. The van der Waals surface area contributed by atoms with E-state index in [-0.39, 0.29) is 11.8 Å². The third-order valence-corrected chi connectivity index (χ3v) is 5.00. The molecule has 1 atom stereocenters. The maximum atomic E-state index is 12.0. The molecular weight excluding hydrogens is 390 g/mol. The van der Waals surface area contributed by atoms with Crippen molar-refractivity contribution >= 4 is 11.9 Å². The van der Waals surface area contributed by atoms with Crippen LogP contribution in [0.4, 0.5) is 10.6 Å². The molecule has 0 aliphatic rings. The molecule has 1 heterocycles. The van der Waals surface area contributed by atoms with Gasteiger partial charge in [-0.3, -0.25) is 0 Å². The number of aromatic nitrogens is 1. The molecular formula is C25H35N3O3. The maximum Gasteiger partial charge on any atom is 0.410 e. The van der Waals surface area contributed by atoms with Crippen LogP contribution in [0, 0.1) is 5.92 Å². The number of carbonyl (C=O) groups excluding carboxylic acids is 1. The van der Waals surface area contributed by atoms with Gasteiger partial charge >= 0.3 is 6.09 Å². The van der Waals surface area contributed by atoms with E-state index in [2.05, 4.69) is 24.1 Å². The Morgan fingerprint density at radius 3 is 2.61 bits per heavy atom. The van der Waals surface area contributed by atoms with Gasteiger partial charge in [0.05, 0.1) is 0 Å². The number of pyridine rings is 1. The van der Waals surface area contributed by atoms with Crippen LogP contribution in [0.15, 0.2) is 54.4 Å². The lowest BCUT2D eigenvalue weighted by atomic mass is 9.98. The lowest BCUT2D eigenvalue weighted by molar-refractivity contribution is 0.0295. The molecule has 1 amide bonds. The highest BCUT2D eigenvalue weighted by atomic mass is 16.6. The standard InChI is InChI=1S/C25H35N3O3/c1-18(9-8-14-28(6)24(30)31-25(3,4)5)19(2)16-26-23-13-12-21(17-27-23)20-10-7-11-22(29)15-20/h7,10-13,15-18,29H,8-9,14H2,1-6H3,(H,26,27)/b19-16+. The van der Waals surface area contributed by atoms with Crippen molar-refractivity contribution in [2.24, 2.45) is 5.92 Å². The van der Waals surface area contributed by atoms with E-state index in [9.17, 15) is 9.90 Å². The van der Waals surface area contributed by atoms with Gasteiger partial charge in [-0.05, 0) is 76.3 Å². The average molecular weight is 426 g/mol. The number of phenols is 1. The van der Waals surface area contributed by atoms with Crippen molar-refractivity contribution in [2.45, 2.75) is 53.1 Å². The predicted molar refractivity (Wildman–Crippen MR) is 126 cm³/mol. The van der Waals surface area contributed by atoms with E-state index in [1.54, 1.807) is 30.3 Å². The molecule has 168 valence electrons. The Labute approximate surface area is 186 Å². The molecule has 6 heteroatoms. The molecule has 0 fully saturated rings. The van der Waals surface area contributed by atoms with Crippen LogP contribution >= 0.6 is 0 Å². The van der Waals surface area contributed by atoms with Crippen molar-refractivity contribution in [3.63, 3.8) is 0 Å². The maximum absolute atomic E-state index is 12.0. The summed E-state index contributed by atoms with van der Waals surface area (Å²) < 4.78 is 5.38. The second-order valence-corrected chi connectivity index (χ2v) is 8.96. The summed E-state index contributed by atoms with van der Waals surface area (Å²) in [5.41, 5.74) is 2.62. The van der Waals surface area contributed by atoms with E-state index >= 15 is 0 Å². The summed E-state index contributed by atoms with van der Waals surface area (Å²) >= 11 is 0. The van der Waals surface area contributed by atoms with Gasteiger partial charge in [-0.2, -0.15) is 0 Å². The fraction of sp³-hybridized carbons (Fsp3) is 0.440. The molecule has 0 bridgehead atoms. The number of benzene rings is 1. The Bertz CT molecular complexity index is 886. The number of anilines is 1. The van der Waals surface area contributed by atoms with E-state index in [0.29, 0.717) is 12.5 Å². The van der Waals surface area contributed by atoms with Gasteiger partial charge < -0.3 is 20.1 Å². The smallest absolute Gasteiger partial charge is 0.410 e. The summed E-state index contributed by atoms with van der Waals surface area (Å²) in [7, 11) is 1.77. The summed E-state index contributed by atoms with van der Waals surface area (Å²) in [4.78, 5) is 18.1. The van der Waals surface area contributed by atoms with Crippen molar-refractivity contribution in [1.29, 1.82) is 0 Å². The molecule has 0 saturated heterocycles. The van der Waals surface area contributed by atoms with Crippen molar-refractivity contribution in [1.82, 2.24) is 9.88 Å². The first-order chi connectivity index (χ1) is 14.5. The predicted octanol–water partition coefficient (Wildman–Crippen LogP) is 6.05. The summed E-state index contributed by atoms with van der Waals surface area (Å²) in [5.74, 6) is 1.38. The van der Waals surface area contributed by atoms with Crippen LogP contribution in [0.1, 0.15) is 47.5 Å². The minimum atomic E-state index is -0.473. The number of nitrogens with zero attached hydrogens (tertiary/aromatic N) is 2. The largest absolute Gasteiger partial charge is 0.508 e. The first-order valence-electron chi connectivity index (χ1n) is 10.7. The van der Waals surface area contributed by atoms with Gasteiger partial charge in [-0.1, -0.05) is 24.6 Å². The third kappa shape index (κ3) is 8.32. The Morgan fingerprint density at radius 1 is 1.26 bits per heavy atom. The number of rotatable bonds is 8. The number of phenolic OH excluding ortho intramolecular Hbond substituents is 1. The Hall–Kier alpha value is -3.02. The lowest BCUT2D eigenvalue weighted by Gasteiger charge is -2.25. The molecule has 1 aromatic heterocycles. The Balaban J connectivity index is 1.81. The summed E-state index contributed by atoms with van der Waals surface area (Å²) in [6.07, 6.45) is 5.36. The topological polar surface area (TPSA) is 74.7 Å². The highest BCUT2D eigenvalue weighted by Gasteiger charge is 2.19. The van der Waals surface area contributed by atoms with E-state index in [0.717, 1.165) is 29.8 Å². The fourth-order valence-electron chi connectivity index (χ4n) is 2.96. The van der Waals surface area contributed by atoms with Crippen LogP contribution in [-0.4, -0.2) is 40.3 Å². The number of carbonyl (C=O) groups is 1. The molecule has 0 saturated carbocycles. The molecule has 1 aromatic carbocycles. The van der Waals surface area contributed by atoms with E-state index < -0.39 is 5.60 Å². The second-order valence-electron chi connectivity index (χ2n) is 8.96. The molecule has 0 aliphatic heterocycles. The number of hydrogen-bond donors (Lipinski definition) is 2. The monoisotopic (exact) mass is 425 g/mol. The van der Waals surface area contributed by atoms with Gasteiger partial charge in [0, 0.05) is 31.6 Å². The number of aromatic hydroxyl groups is 1. The van der Waals surface area contributed by atoms with Crippen molar-refractivity contribution in [3.8, 4) is 16.9 Å². The Morgan fingerprint density at radius 2 is 2.00 bits per heavy atom. The van der Waals surface area contributed by atoms with E-state index in [1.165, 1.54) is 5.57 Å². The SMILES string of the molecule is C/C(=C\Nc1ccc(-c2cccc(O)c2)cn1)C(C)CCCN(C)C(=O)OC(C)(C)C.